The second kappa shape index (κ2) is 4.50. The Kier molecular flexibility index (Phi) is 3.57. The maximum atomic E-state index is 11.7. The second-order valence-corrected chi connectivity index (χ2v) is 4.50. The van der Waals surface area contributed by atoms with E-state index < -0.39 is 5.97 Å². The van der Waals surface area contributed by atoms with Crippen LogP contribution in [0.5, 0.6) is 0 Å². The topological polar surface area (TPSA) is 57.6 Å². The smallest absolute Gasteiger partial charge is 0.323 e. The van der Waals surface area contributed by atoms with Gasteiger partial charge in [0.15, 0.2) is 0 Å². The molecule has 1 heterocycles. The van der Waals surface area contributed by atoms with E-state index in [-0.39, 0.29) is 23.6 Å². The SMILES string of the molecule is CC(C)C1SC=CN(CC(=O)O)C1=O. The first-order valence-electron chi connectivity index (χ1n) is 4.36. The van der Waals surface area contributed by atoms with E-state index in [1.54, 1.807) is 5.41 Å². The van der Waals surface area contributed by atoms with E-state index in [1.165, 1.54) is 22.9 Å². The largest absolute Gasteiger partial charge is 0.480 e. The normalized spacial score (nSPS) is 21.8. The molecule has 0 spiro atoms. The van der Waals surface area contributed by atoms with Gasteiger partial charge in [-0.3, -0.25) is 9.59 Å². The van der Waals surface area contributed by atoms with Crippen LogP contribution in [-0.2, 0) is 9.59 Å². The van der Waals surface area contributed by atoms with Gasteiger partial charge in [0.05, 0.1) is 5.25 Å². The zero-order valence-electron chi connectivity index (χ0n) is 8.14. The number of hydrogen-bond acceptors (Lipinski definition) is 3. The highest BCUT2D eigenvalue weighted by Crippen LogP contribution is 2.26. The molecule has 4 nitrogen and oxygen atoms in total. The molecule has 0 aromatic rings. The predicted octanol–water partition coefficient (Wildman–Crippen LogP) is 1.14. The fourth-order valence-electron chi connectivity index (χ4n) is 1.21. The van der Waals surface area contributed by atoms with E-state index in [2.05, 4.69) is 0 Å². The molecule has 14 heavy (non-hydrogen) atoms. The minimum absolute atomic E-state index is 0.116. The zero-order chi connectivity index (χ0) is 10.7. The zero-order valence-corrected chi connectivity index (χ0v) is 8.95. The summed E-state index contributed by atoms with van der Waals surface area (Å²) in [6, 6.07) is 0. The molecule has 78 valence electrons. The summed E-state index contributed by atoms with van der Waals surface area (Å²) >= 11 is 1.45. The van der Waals surface area contributed by atoms with E-state index in [1.807, 2.05) is 13.8 Å². The van der Waals surface area contributed by atoms with E-state index in [0.29, 0.717) is 0 Å². The van der Waals surface area contributed by atoms with Crippen LogP contribution in [0.25, 0.3) is 0 Å². The van der Waals surface area contributed by atoms with Crippen molar-refractivity contribution in [1.82, 2.24) is 4.90 Å². The van der Waals surface area contributed by atoms with Gasteiger partial charge in [-0.05, 0) is 11.3 Å². The van der Waals surface area contributed by atoms with Crippen molar-refractivity contribution < 1.29 is 14.7 Å². The number of amides is 1. The Labute approximate surface area is 87.0 Å². The molecule has 0 aromatic carbocycles. The van der Waals surface area contributed by atoms with Crippen molar-refractivity contribution in [3.63, 3.8) is 0 Å². The van der Waals surface area contributed by atoms with Crippen LogP contribution >= 0.6 is 11.8 Å². The van der Waals surface area contributed by atoms with Gasteiger partial charge in [-0.1, -0.05) is 13.8 Å². The van der Waals surface area contributed by atoms with E-state index in [0.717, 1.165) is 0 Å². The summed E-state index contributed by atoms with van der Waals surface area (Å²) in [4.78, 5) is 23.4. The molecule has 0 radical (unpaired) electrons. The molecule has 1 amide bonds. The lowest BCUT2D eigenvalue weighted by atomic mass is 10.1. The maximum Gasteiger partial charge on any atom is 0.323 e. The van der Waals surface area contributed by atoms with E-state index >= 15 is 0 Å². The molecule has 1 aliphatic heterocycles. The number of aliphatic carboxylic acids is 1. The van der Waals surface area contributed by atoms with Gasteiger partial charge >= 0.3 is 5.97 Å². The van der Waals surface area contributed by atoms with Crippen molar-refractivity contribution >= 4 is 23.6 Å². The fraction of sp³-hybridized carbons (Fsp3) is 0.556. The van der Waals surface area contributed by atoms with Crippen LogP contribution in [0.2, 0.25) is 0 Å². The lowest BCUT2D eigenvalue weighted by Gasteiger charge is -2.27. The number of carbonyl (C=O) groups is 2. The number of hydrogen-bond donors (Lipinski definition) is 1. The minimum Gasteiger partial charge on any atom is -0.480 e. The van der Waals surface area contributed by atoms with Crippen LogP contribution in [0.15, 0.2) is 11.6 Å². The van der Waals surface area contributed by atoms with Gasteiger partial charge in [0, 0.05) is 6.20 Å². The Morgan fingerprint density at radius 2 is 2.36 bits per heavy atom. The molecule has 0 fully saturated rings. The van der Waals surface area contributed by atoms with Gasteiger partial charge < -0.3 is 10.0 Å². The highest BCUT2D eigenvalue weighted by molar-refractivity contribution is 8.03. The molecular formula is C9H13NO3S. The molecule has 0 saturated heterocycles. The molecular weight excluding hydrogens is 202 g/mol. The first-order chi connectivity index (χ1) is 6.52. The summed E-state index contributed by atoms with van der Waals surface area (Å²) in [6.45, 7) is 3.65. The lowest BCUT2D eigenvalue weighted by molar-refractivity contribution is -0.142. The number of carboxylic acid groups (broad SMARTS) is 1. The Hall–Kier alpha value is -0.970. The second-order valence-electron chi connectivity index (χ2n) is 3.45. The number of carbonyl (C=O) groups excluding carboxylic acids is 1. The third kappa shape index (κ3) is 2.51. The lowest BCUT2D eigenvalue weighted by Crippen LogP contribution is -2.41. The van der Waals surface area contributed by atoms with Gasteiger partial charge in [0.2, 0.25) is 5.91 Å². The number of carboxylic acids is 1. The van der Waals surface area contributed by atoms with Gasteiger partial charge in [-0.25, -0.2) is 0 Å². The molecule has 0 saturated carbocycles. The Bertz CT molecular complexity index is 275. The summed E-state index contributed by atoms with van der Waals surface area (Å²) in [5.41, 5.74) is 0. The summed E-state index contributed by atoms with van der Waals surface area (Å²) < 4.78 is 0. The Morgan fingerprint density at radius 1 is 1.71 bits per heavy atom. The van der Waals surface area contributed by atoms with Crippen molar-refractivity contribution in [2.75, 3.05) is 6.54 Å². The summed E-state index contributed by atoms with van der Waals surface area (Å²) in [5.74, 6) is -0.888. The monoisotopic (exact) mass is 215 g/mol. The number of nitrogens with zero attached hydrogens (tertiary/aromatic N) is 1. The number of rotatable bonds is 3. The minimum atomic E-state index is -0.989. The third-order valence-electron chi connectivity index (χ3n) is 1.90. The van der Waals surface area contributed by atoms with E-state index in [9.17, 15) is 9.59 Å². The van der Waals surface area contributed by atoms with Gasteiger partial charge in [0.1, 0.15) is 6.54 Å². The van der Waals surface area contributed by atoms with Crippen LogP contribution in [0.1, 0.15) is 13.8 Å². The summed E-state index contributed by atoms with van der Waals surface area (Å²) in [7, 11) is 0. The third-order valence-corrected chi connectivity index (χ3v) is 3.22. The van der Waals surface area contributed by atoms with Crippen molar-refractivity contribution in [2.24, 2.45) is 5.92 Å². The molecule has 0 bridgehead atoms. The maximum absolute atomic E-state index is 11.7. The van der Waals surface area contributed by atoms with Gasteiger partial charge in [0.25, 0.3) is 0 Å². The van der Waals surface area contributed by atoms with Crippen molar-refractivity contribution in [1.29, 1.82) is 0 Å². The quantitative estimate of drug-likeness (QED) is 0.767. The standard InChI is InChI=1S/C9H13NO3S/c1-6(2)8-9(13)10(3-4-14-8)5-7(11)12/h3-4,6,8H,5H2,1-2H3,(H,11,12). The first-order valence-corrected chi connectivity index (χ1v) is 5.31. The van der Waals surface area contributed by atoms with Crippen molar-refractivity contribution in [2.45, 2.75) is 19.1 Å². The van der Waals surface area contributed by atoms with Gasteiger partial charge in [-0.2, -0.15) is 0 Å². The first kappa shape index (κ1) is 11.1. The molecule has 5 heteroatoms. The molecule has 1 rings (SSSR count). The number of thioether (sulfide) groups is 1. The molecule has 0 aliphatic carbocycles. The Balaban J connectivity index is 2.70. The molecule has 0 aromatic heterocycles. The van der Waals surface area contributed by atoms with E-state index in [4.69, 9.17) is 5.11 Å². The average Bonchev–Trinajstić information content (AvgIpc) is 2.07. The molecule has 1 atom stereocenters. The van der Waals surface area contributed by atoms with Crippen LogP contribution in [-0.4, -0.2) is 33.7 Å². The Morgan fingerprint density at radius 3 is 2.86 bits per heavy atom. The molecule has 1 unspecified atom stereocenters. The highest BCUT2D eigenvalue weighted by Gasteiger charge is 2.29. The van der Waals surface area contributed by atoms with Crippen LogP contribution in [0.3, 0.4) is 0 Å². The van der Waals surface area contributed by atoms with Crippen LogP contribution < -0.4 is 0 Å². The van der Waals surface area contributed by atoms with Crippen molar-refractivity contribution in [3.8, 4) is 0 Å². The average molecular weight is 215 g/mol. The predicted molar refractivity (Wildman–Crippen MR) is 54.7 cm³/mol. The van der Waals surface area contributed by atoms with Crippen LogP contribution in [0, 0.1) is 5.92 Å². The van der Waals surface area contributed by atoms with Gasteiger partial charge in [-0.15, -0.1) is 11.8 Å². The summed E-state index contributed by atoms with van der Waals surface area (Å²) in [5, 5.41) is 10.2. The van der Waals surface area contributed by atoms with Crippen LogP contribution in [0.4, 0.5) is 0 Å². The molecule has 1 N–H and O–H groups in total. The van der Waals surface area contributed by atoms with Crippen molar-refractivity contribution in [3.05, 3.63) is 11.6 Å². The highest BCUT2D eigenvalue weighted by atomic mass is 32.2. The fourth-order valence-corrected chi connectivity index (χ4v) is 2.16. The summed E-state index contributed by atoms with van der Waals surface area (Å²) in [6.07, 6.45) is 1.53. The molecule has 1 aliphatic rings.